The zero-order valence-corrected chi connectivity index (χ0v) is 14.0. The van der Waals surface area contributed by atoms with Crippen molar-refractivity contribution in [2.75, 3.05) is 6.26 Å². The van der Waals surface area contributed by atoms with E-state index in [0.29, 0.717) is 17.3 Å². The van der Waals surface area contributed by atoms with Crippen LogP contribution in [0.4, 0.5) is 0 Å². The van der Waals surface area contributed by atoms with Gasteiger partial charge in [0.1, 0.15) is 17.2 Å². The van der Waals surface area contributed by atoms with Gasteiger partial charge >= 0.3 is 0 Å². The predicted molar refractivity (Wildman–Crippen MR) is 93.3 cm³/mol. The number of sulfone groups is 1. The first-order valence-electron chi connectivity index (χ1n) is 7.46. The van der Waals surface area contributed by atoms with Gasteiger partial charge in [0.2, 0.25) is 0 Å². The average molecular weight is 354 g/mol. The fourth-order valence-corrected chi connectivity index (χ4v) is 3.09. The van der Waals surface area contributed by atoms with Crippen LogP contribution < -0.4 is 4.74 Å². The van der Waals surface area contributed by atoms with Crippen molar-refractivity contribution < 1.29 is 13.2 Å². The maximum absolute atomic E-state index is 11.5. The molecule has 4 rings (SSSR count). The van der Waals surface area contributed by atoms with Gasteiger partial charge in [0, 0.05) is 18.5 Å². The highest BCUT2D eigenvalue weighted by Gasteiger charge is 2.09. The molecule has 2 heterocycles. The molecule has 0 saturated carbocycles. The maximum Gasteiger partial charge on any atom is 0.175 e. The van der Waals surface area contributed by atoms with Gasteiger partial charge < -0.3 is 9.72 Å². The SMILES string of the molecule is CS(=O)(=O)c1ccc(Oc2ccc3nc(-c4ccn[nH]4)[nH]c3c2)cc1. The number of ether oxygens (including phenoxy) is 1. The highest BCUT2D eigenvalue weighted by Crippen LogP contribution is 2.27. The van der Waals surface area contributed by atoms with Crippen LogP contribution in [-0.4, -0.2) is 34.8 Å². The zero-order chi connectivity index (χ0) is 17.4. The molecule has 126 valence electrons. The molecule has 2 aromatic heterocycles. The maximum atomic E-state index is 11.5. The molecule has 2 N–H and O–H groups in total. The first kappa shape index (κ1) is 15.4. The minimum absolute atomic E-state index is 0.257. The second kappa shape index (κ2) is 5.75. The van der Waals surface area contributed by atoms with Gasteiger partial charge in [-0.25, -0.2) is 13.4 Å². The van der Waals surface area contributed by atoms with Gasteiger partial charge in [0.25, 0.3) is 0 Å². The van der Waals surface area contributed by atoms with Crippen molar-refractivity contribution in [3.63, 3.8) is 0 Å². The van der Waals surface area contributed by atoms with Crippen LogP contribution in [0.2, 0.25) is 0 Å². The normalized spacial score (nSPS) is 11.7. The molecule has 0 spiro atoms. The number of imidazole rings is 1. The van der Waals surface area contributed by atoms with Crippen molar-refractivity contribution in [3.05, 3.63) is 54.7 Å². The van der Waals surface area contributed by atoms with Crippen LogP contribution in [0.15, 0.2) is 59.6 Å². The molecular weight excluding hydrogens is 340 g/mol. The van der Waals surface area contributed by atoms with Crippen molar-refractivity contribution in [1.82, 2.24) is 20.2 Å². The molecule has 0 fully saturated rings. The Bertz CT molecular complexity index is 1130. The number of nitrogens with zero attached hydrogens (tertiary/aromatic N) is 2. The number of fused-ring (bicyclic) bond motifs is 1. The first-order valence-corrected chi connectivity index (χ1v) is 9.36. The van der Waals surface area contributed by atoms with Crippen LogP contribution in [0.3, 0.4) is 0 Å². The number of aromatic amines is 2. The highest BCUT2D eigenvalue weighted by atomic mass is 32.2. The number of aromatic nitrogens is 4. The number of nitrogens with one attached hydrogen (secondary N) is 2. The van der Waals surface area contributed by atoms with Gasteiger partial charge in [0.05, 0.1) is 15.9 Å². The molecule has 7 nitrogen and oxygen atoms in total. The standard InChI is InChI=1S/C17H14N4O3S/c1-25(22,23)13-5-2-11(3-6-13)24-12-4-7-14-16(10-12)20-17(19-14)15-8-9-18-21-15/h2-10H,1H3,(H,18,21)(H,19,20). The molecule has 8 heteroatoms. The van der Waals surface area contributed by atoms with E-state index in [9.17, 15) is 8.42 Å². The Morgan fingerprint density at radius 1 is 1.00 bits per heavy atom. The van der Waals surface area contributed by atoms with Gasteiger partial charge in [-0.15, -0.1) is 0 Å². The van der Waals surface area contributed by atoms with E-state index >= 15 is 0 Å². The molecule has 0 atom stereocenters. The third-order valence-electron chi connectivity index (χ3n) is 3.70. The molecule has 4 aromatic rings. The molecule has 0 aliphatic rings. The van der Waals surface area contributed by atoms with E-state index in [1.54, 1.807) is 18.3 Å². The lowest BCUT2D eigenvalue weighted by Gasteiger charge is -2.06. The zero-order valence-electron chi connectivity index (χ0n) is 13.2. The summed E-state index contributed by atoms with van der Waals surface area (Å²) < 4.78 is 28.8. The van der Waals surface area contributed by atoms with Crippen molar-refractivity contribution in [2.45, 2.75) is 4.90 Å². The third kappa shape index (κ3) is 3.11. The summed E-state index contributed by atoms with van der Waals surface area (Å²) in [4.78, 5) is 7.96. The van der Waals surface area contributed by atoms with E-state index in [0.717, 1.165) is 16.7 Å². The Labute approximate surface area is 143 Å². The van der Waals surface area contributed by atoms with Crippen LogP contribution in [0.1, 0.15) is 0 Å². The van der Waals surface area contributed by atoms with Gasteiger partial charge in [-0.05, 0) is 42.5 Å². The van der Waals surface area contributed by atoms with Crippen LogP contribution in [0.5, 0.6) is 11.5 Å². The van der Waals surface area contributed by atoms with Gasteiger partial charge in [-0.1, -0.05) is 0 Å². The van der Waals surface area contributed by atoms with Gasteiger partial charge in [-0.2, -0.15) is 5.10 Å². The second-order valence-corrected chi connectivity index (χ2v) is 7.60. The largest absolute Gasteiger partial charge is 0.457 e. The predicted octanol–water partition coefficient (Wildman–Crippen LogP) is 3.15. The van der Waals surface area contributed by atoms with Crippen molar-refractivity contribution in [1.29, 1.82) is 0 Å². The molecule has 0 amide bonds. The second-order valence-electron chi connectivity index (χ2n) is 5.58. The fraction of sp³-hybridized carbons (Fsp3) is 0.0588. The number of hydrogen-bond acceptors (Lipinski definition) is 5. The van der Waals surface area contributed by atoms with Crippen LogP contribution >= 0.6 is 0 Å². The molecule has 0 bridgehead atoms. The molecule has 25 heavy (non-hydrogen) atoms. The summed E-state index contributed by atoms with van der Waals surface area (Å²) in [7, 11) is -3.22. The lowest BCUT2D eigenvalue weighted by atomic mass is 10.3. The number of hydrogen-bond donors (Lipinski definition) is 2. The lowest BCUT2D eigenvalue weighted by molar-refractivity contribution is 0.483. The minimum atomic E-state index is -3.22. The van der Waals surface area contributed by atoms with Crippen LogP contribution in [-0.2, 0) is 9.84 Å². The summed E-state index contributed by atoms with van der Waals surface area (Å²) in [5.41, 5.74) is 2.44. The van der Waals surface area contributed by atoms with E-state index in [1.807, 2.05) is 24.3 Å². The molecule has 2 aromatic carbocycles. The van der Waals surface area contributed by atoms with Crippen molar-refractivity contribution >= 4 is 20.9 Å². The van der Waals surface area contributed by atoms with E-state index in [1.165, 1.54) is 18.4 Å². The van der Waals surface area contributed by atoms with E-state index in [-0.39, 0.29) is 4.90 Å². The molecule has 0 radical (unpaired) electrons. The third-order valence-corrected chi connectivity index (χ3v) is 4.83. The fourth-order valence-electron chi connectivity index (χ4n) is 2.46. The topological polar surface area (TPSA) is 101 Å². The Hall–Kier alpha value is -3.13. The first-order chi connectivity index (χ1) is 12.0. The van der Waals surface area contributed by atoms with Crippen LogP contribution in [0, 0.1) is 0 Å². The molecule has 0 saturated heterocycles. The Kier molecular flexibility index (Phi) is 3.54. The Balaban J connectivity index is 1.61. The average Bonchev–Trinajstić information content (AvgIpc) is 3.23. The number of rotatable bonds is 4. The summed E-state index contributed by atoms with van der Waals surface area (Å²) >= 11 is 0. The quantitative estimate of drug-likeness (QED) is 0.586. The summed E-state index contributed by atoms with van der Waals surface area (Å²) in [6.45, 7) is 0. The van der Waals surface area contributed by atoms with E-state index in [4.69, 9.17) is 4.74 Å². The van der Waals surface area contributed by atoms with Crippen LogP contribution in [0.25, 0.3) is 22.6 Å². The van der Waals surface area contributed by atoms with Gasteiger partial charge in [0.15, 0.2) is 15.7 Å². The monoisotopic (exact) mass is 354 g/mol. The molecule has 0 aliphatic heterocycles. The molecule has 0 aliphatic carbocycles. The summed E-state index contributed by atoms with van der Waals surface area (Å²) in [5.74, 6) is 1.88. The van der Waals surface area contributed by atoms with Crippen molar-refractivity contribution in [3.8, 4) is 23.0 Å². The minimum Gasteiger partial charge on any atom is -0.457 e. The van der Waals surface area contributed by atoms with Gasteiger partial charge in [-0.3, -0.25) is 5.10 Å². The summed E-state index contributed by atoms with van der Waals surface area (Å²) in [6.07, 6.45) is 2.84. The smallest absolute Gasteiger partial charge is 0.175 e. The summed E-state index contributed by atoms with van der Waals surface area (Å²) in [5, 5.41) is 6.78. The number of H-pyrrole nitrogens is 2. The number of benzene rings is 2. The van der Waals surface area contributed by atoms with E-state index in [2.05, 4.69) is 20.2 Å². The molecule has 0 unspecified atom stereocenters. The highest BCUT2D eigenvalue weighted by molar-refractivity contribution is 7.90. The molecular formula is C17H14N4O3S. The summed E-state index contributed by atoms with van der Waals surface area (Å²) in [6, 6.07) is 13.6. The van der Waals surface area contributed by atoms with Crippen molar-refractivity contribution in [2.24, 2.45) is 0 Å². The lowest BCUT2D eigenvalue weighted by Crippen LogP contribution is -1.96. The Morgan fingerprint density at radius 3 is 2.44 bits per heavy atom. The van der Waals surface area contributed by atoms with E-state index < -0.39 is 9.84 Å². The Morgan fingerprint density at radius 2 is 1.76 bits per heavy atom.